The third-order valence-electron chi connectivity index (χ3n) is 2.25. The Balaban J connectivity index is 0.00000225. The summed E-state index contributed by atoms with van der Waals surface area (Å²) in [4.78, 5) is 10.8. The molecule has 0 amide bonds. The lowest BCUT2D eigenvalue weighted by molar-refractivity contribution is -0.139. The molecule has 0 aliphatic heterocycles. The van der Waals surface area contributed by atoms with Gasteiger partial charge in [-0.15, -0.1) is 12.4 Å². The summed E-state index contributed by atoms with van der Waals surface area (Å²) < 4.78 is 5.02. The van der Waals surface area contributed by atoms with Gasteiger partial charge in [0.15, 0.2) is 0 Å². The zero-order chi connectivity index (χ0) is 11.3. The number of rotatable bonds is 5. The summed E-state index contributed by atoms with van der Waals surface area (Å²) in [6.45, 7) is 0. The fourth-order valence-corrected chi connectivity index (χ4v) is 1.31. The fraction of sp³-hybridized carbons (Fsp3) is 0.364. The van der Waals surface area contributed by atoms with Gasteiger partial charge >= 0.3 is 5.97 Å². The van der Waals surface area contributed by atoms with Crippen LogP contribution in [-0.2, 0) is 11.2 Å². The second kappa shape index (κ2) is 7.09. The maximum Gasteiger partial charge on any atom is 0.321 e. The minimum absolute atomic E-state index is 0. The number of ether oxygens (including phenoxy) is 1. The number of aliphatic carboxylic acids is 1. The Morgan fingerprint density at radius 2 is 2.00 bits per heavy atom. The number of methoxy groups -OCH3 is 1. The Morgan fingerprint density at radius 1 is 1.44 bits per heavy atom. The SMILES string of the molecule is CNC(Cc1ccc(OC)cc1)C(=O)O.Cl. The molecular formula is C11H16ClNO3. The van der Waals surface area contributed by atoms with E-state index in [0.29, 0.717) is 6.42 Å². The monoisotopic (exact) mass is 245 g/mol. The maximum absolute atomic E-state index is 10.8. The van der Waals surface area contributed by atoms with E-state index in [9.17, 15) is 4.79 Å². The van der Waals surface area contributed by atoms with E-state index in [1.807, 2.05) is 24.3 Å². The van der Waals surface area contributed by atoms with E-state index < -0.39 is 12.0 Å². The molecule has 0 saturated carbocycles. The Hall–Kier alpha value is -1.26. The molecule has 0 aliphatic carbocycles. The summed E-state index contributed by atoms with van der Waals surface area (Å²) in [5, 5.41) is 11.6. The van der Waals surface area contributed by atoms with Crippen molar-refractivity contribution in [1.29, 1.82) is 0 Å². The average molecular weight is 246 g/mol. The summed E-state index contributed by atoms with van der Waals surface area (Å²) >= 11 is 0. The Labute approximate surface area is 101 Å². The number of carboxylic acid groups (broad SMARTS) is 1. The van der Waals surface area contributed by atoms with Crippen molar-refractivity contribution in [2.24, 2.45) is 0 Å². The molecule has 16 heavy (non-hydrogen) atoms. The van der Waals surface area contributed by atoms with Crippen molar-refractivity contribution in [1.82, 2.24) is 5.32 Å². The van der Waals surface area contributed by atoms with Crippen LogP contribution in [0.15, 0.2) is 24.3 Å². The molecule has 5 heteroatoms. The molecule has 1 unspecified atom stereocenters. The van der Waals surface area contributed by atoms with Crippen molar-refractivity contribution in [3.05, 3.63) is 29.8 Å². The third kappa shape index (κ3) is 4.08. The molecule has 0 heterocycles. The third-order valence-corrected chi connectivity index (χ3v) is 2.25. The number of halogens is 1. The first-order chi connectivity index (χ1) is 7.17. The number of carbonyl (C=O) groups is 1. The van der Waals surface area contributed by atoms with Gasteiger partial charge in [0.05, 0.1) is 7.11 Å². The van der Waals surface area contributed by atoms with Gasteiger partial charge in [-0.2, -0.15) is 0 Å². The first-order valence-electron chi connectivity index (χ1n) is 4.70. The van der Waals surface area contributed by atoms with E-state index in [1.54, 1.807) is 14.2 Å². The van der Waals surface area contributed by atoms with Gasteiger partial charge in [0.2, 0.25) is 0 Å². The Bertz CT molecular complexity index is 327. The summed E-state index contributed by atoms with van der Waals surface area (Å²) in [5.74, 6) is -0.0663. The van der Waals surface area contributed by atoms with Crippen LogP contribution in [0.4, 0.5) is 0 Å². The minimum Gasteiger partial charge on any atom is -0.497 e. The minimum atomic E-state index is -0.840. The first-order valence-corrected chi connectivity index (χ1v) is 4.70. The second-order valence-corrected chi connectivity index (χ2v) is 3.23. The van der Waals surface area contributed by atoms with E-state index in [4.69, 9.17) is 9.84 Å². The van der Waals surface area contributed by atoms with Crippen LogP contribution in [0.5, 0.6) is 5.75 Å². The second-order valence-electron chi connectivity index (χ2n) is 3.23. The van der Waals surface area contributed by atoms with E-state index in [-0.39, 0.29) is 12.4 Å². The highest BCUT2D eigenvalue weighted by Crippen LogP contribution is 2.12. The smallest absolute Gasteiger partial charge is 0.321 e. The number of likely N-dealkylation sites (N-methyl/N-ethyl adjacent to an activating group) is 1. The van der Waals surface area contributed by atoms with Crippen LogP contribution in [0.1, 0.15) is 5.56 Å². The van der Waals surface area contributed by atoms with Crippen LogP contribution in [-0.4, -0.2) is 31.3 Å². The summed E-state index contributed by atoms with van der Waals surface area (Å²) in [5.41, 5.74) is 0.970. The van der Waals surface area contributed by atoms with Crippen molar-refractivity contribution < 1.29 is 14.6 Å². The van der Waals surface area contributed by atoms with Crippen LogP contribution in [0, 0.1) is 0 Å². The van der Waals surface area contributed by atoms with Crippen LogP contribution in [0.2, 0.25) is 0 Å². The van der Waals surface area contributed by atoms with Gasteiger partial charge in [-0.1, -0.05) is 12.1 Å². The molecule has 1 rings (SSSR count). The maximum atomic E-state index is 10.8. The lowest BCUT2D eigenvalue weighted by Crippen LogP contribution is -2.35. The largest absolute Gasteiger partial charge is 0.497 e. The molecule has 1 aromatic rings. The molecule has 4 nitrogen and oxygen atoms in total. The van der Waals surface area contributed by atoms with E-state index in [0.717, 1.165) is 11.3 Å². The molecule has 0 aliphatic rings. The van der Waals surface area contributed by atoms with Crippen molar-refractivity contribution in [3.63, 3.8) is 0 Å². The molecule has 0 bridgehead atoms. The normalized spacial score (nSPS) is 11.4. The van der Waals surface area contributed by atoms with Crippen molar-refractivity contribution >= 4 is 18.4 Å². The number of carboxylic acids is 1. The molecule has 0 radical (unpaired) electrons. The van der Waals surface area contributed by atoms with E-state index in [2.05, 4.69) is 5.32 Å². The van der Waals surface area contributed by atoms with Gasteiger partial charge in [0, 0.05) is 0 Å². The van der Waals surface area contributed by atoms with Crippen molar-refractivity contribution in [3.8, 4) is 5.75 Å². The van der Waals surface area contributed by atoms with Gasteiger partial charge in [0.25, 0.3) is 0 Å². The molecule has 0 fully saturated rings. The highest BCUT2D eigenvalue weighted by Gasteiger charge is 2.14. The van der Waals surface area contributed by atoms with Crippen LogP contribution in [0.3, 0.4) is 0 Å². The van der Waals surface area contributed by atoms with Crippen LogP contribution < -0.4 is 10.1 Å². The number of hydrogen-bond donors (Lipinski definition) is 2. The first kappa shape index (κ1) is 14.7. The van der Waals surface area contributed by atoms with E-state index >= 15 is 0 Å². The molecule has 90 valence electrons. The van der Waals surface area contributed by atoms with Crippen LogP contribution >= 0.6 is 12.4 Å². The van der Waals surface area contributed by atoms with Gasteiger partial charge < -0.3 is 15.2 Å². The highest BCUT2D eigenvalue weighted by atomic mass is 35.5. The summed E-state index contributed by atoms with van der Waals surface area (Å²) in [6, 6.07) is 6.84. The molecule has 0 aromatic heterocycles. The number of hydrogen-bond acceptors (Lipinski definition) is 3. The summed E-state index contributed by atoms with van der Waals surface area (Å²) in [7, 11) is 3.24. The fourth-order valence-electron chi connectivity index (χ4n) is 1.31. The standard InChI is InChI=1S/C11H15NO3.ClH/c1-12-10(11(13)14)7-8-3-5-9(15-2)6-4-8;/h3-6,10,12H,7H2,1-2H3,(H,13,14);1H. The van der Waals surface area contributed by atoms with Gasteiger partial charge in [-0.3, -0.25) is 4.79 Å². The lowest BCUT2D eigenvalue weighted by Gasteiger charge is -2.11. The lowest BCUT2D eigenvalue weighted by atomic mass is 10.1. The van der Waals surface area contributed by atoms with Gasteiger partial charge in [-0.25, -0.2) is 0 Å². The molecule has 0 spiro atoms. The van der Waals surface area contributed by atoms with E-state index in [1.165, 1.54) is 0 Å². The van der Waals surface area contributed by atoms with Crippen molar-refractivity contribution in [2.75, 3.05) is 14.2 Å². The molecule has 1 atom stereocenters. The molecular weight excluding hydrogens is 230 g/mol. The van der Waals surface area contributed by atoms with Crippen molar-refractivity contribution in [2.45, 2.75) is 12.5 Å². The topological polar surface area (TPSA) is 58.6 Å². The Kier molecular flexibility index (Phi) is 6.53. The van der Waals surface area contributed by atoms with Gasteiger partial charge in [-0.05, 0) is 31.2 Å². The summed E-state index contributed by atoms with van der Waals surface area (Å²) in [6.07, 6.45) is 0.468. The number of benzene rings is 1. The Morgan fingerprint density at radius 3 is 2.38 bits per heavy atom. The van der Waals surface area contributed by atoms with Crippen LogP contribution in [0.25, 0.3) is 0 Å². The zero-order valence-electron chi connectivity index (χ0n) is 9.27. The zero-order valence-corrected chi connectivity index (χ0v) is 10.1. The quantitative estimate of drug-likeness (QED) is 0.822. The predicted molar refractivity (Wildman–Crippen MR) is 64.4 cm³/mol. The van der Waals surface area contributed by atoms with Gasteiger partial charge in [0.1, 0.15) is 11.8 Å². The molecule has 2 N–H and O–H groups in total. The molecule has 1 aromatic carbocycles. The highest BCUT2D eigenvalue weighted by molar-refractivity contribution is 5.85. The molecule has 0 saturated heterocycles. The number of nitrogens with one attached hydrogen (secondary N) is 1. The average Bonchev–Trinajstić information content (AvgIpc) is 2.26. The predicted octanol–water partition coefficient (Wildman–Crippen LogP) is 1.33.